The first kappa shape index (κ1) is 25.3. The molecule has 184 valence electrons. The van der Waals surface area contributed by atoms with Crippen LogP contribution in [0.3, 0.4) is 0 Å². The number of ether oxygens (including phenoxy) is 1. The average molecular weight is 491 g/mol. The van der Waals surface area contributed by atoms with Crippen molar-refractivity contribution in [3.8, 4) is 5.69 Å². The van der Waals surface area contributed by atoms with Gasteiger partial charge < -0.3 is 10.1 Å². The minimum Gasteiger partial charge on any atom is -0.463 e. The van der Waals surface area contributed by atoms with Gasteiger partial charge in [0.15, 0.2) is 5.69 Å². The predicted molar refractivity (Wildman–Crippen MR) is 116 cm³/mol. The van der Waals surface area contributed by atoms with Crippen molar-refractivity contribution in [1.29, 1.82) is 0 Å². The van der Waals surface area contributed by atoms with E-state index in [9.17, 15) is 32.9 Å². The van der Waals surface area contributed by atoms with Crippen LogP contribution in [-0.4, -0.2) is 37.9 Å². The number of nitrogens with one attached hydrogen (secondary N) is 1. The topological polar surface area (TPSA) is 129 Å². The normalized spacial score (nSPS) is 12.3. The summed E-state index contributed by atoms with van der Waals surface area (Å²) in [4.78, 5) is 36.0. The van der Waals surface area contributed by atoms with E-state index in [0.29, 0.717) is 0 Å². The Hall–Kier alpha value is -4.29. The minimum absolute atomic E-state index is 0.0429. The molecule has 0 aliphatic carbocycles. The van der Waals surface area contributed by atoms with E-state index in [0.717, 1.165) is 23.0 Å². The van der Waals surface area contributed by atoms with Crippen molar-refractivity contribution in [1.82, 2.24) is 20.3 Å². The molecule has 1 heterocycles. The molecule has 3 rings (SSSR count). The molecule has 0 bridgehead atoms. The van der Waals surface area contributed by atoms with Gasteiger partial charge in [0, 0.05) is 6.07 Å². The first-order chi connectivity index (χ1) is 16.5. The molecule has 1 N–H and O–H groups in total. The summed E-state index contributed by atoms with van der Waals surface area (Å²) in [5.74, 6) is -1.62. The van der Waals surface area contributed by atoms with E-state index in [2.05, 4.69) is 15.6 Å². The van der Waals surface area contributed by atoms with Crippen LogP contribution >= 0.6 is 0 Å². The molecule has 3 aromatic rings. The monoisotopic (exact) mass is 491 g/mol. The number of para-hydroxylation sites is 2. The van der Waals surface area contributed by atoms with Crippen LogP contribution in [0.1, 0.15) is 47.9 Å². The third-order valence-corrected chi connectivity index (χ3v) is 4.73. The fraction of sp³-hybridized carbons (Fsp3) is 0.273. The molecule has 1 atom stereocenters. The van der Waals surface area contributed by atoms with E-state index < -0.39 is 47.1 Å². The number of nitrogens with zero attached hydrogens (tertiary/aromatic N) is 4. The first-order valence-corrected chi connectivity index (χ1v) is 10.3. The zero-order valence-corrected chi connectivity index (χ0v) is 18.5. The second-order valence-corrected chi connectivity index (χ2v) is 7.65. The Balaban J connectivity index is 1.91. The van der Waals surface area contributed by atoms with E-state index in [4.69, 9.17) is 4.74 Å². The lowest BCUT2D eigenvalue weighted by molar-refractivity contribution is -0.385. The number of nitro benzene ring substituents is 1. The Kier molecular flexibility index (Phi) is 7.47. The number of nitro groups is 1. The number of rotatable bonds is 8. The summed E-state index contributed by atoms with van der Waals surface area (Å²) in [5, 5.41) is 21.2. The lowest BCUT2D eigenvalue weighted by Gasteiger charge is -2.19. The summed E-state index contributed by atoms with van der Waals surface area (Å²) in [6, 6.07) is 8.95. The van der Waals surface area contributed by atoms with Crippen LogP contribution in [0.15, 0.2) is 54.7 Å². The summed E-state index contributed by atoms with van der Waals surface area (Å²) in [6.45, 7) is 3.24. The number of carbonyl (C=O) groups is 2. The summed E-state index contributed by atoms with van der Waals surface area (Å²) in [6.07, 6.45) is -4.57. The van der Waals surface area contributed by atoms with Crippen LogP contribution in [0.4, 0.5) is 18.9 Å². The van der Waals surface area contributed by atoms with Crippen molar-refractivity contribution in [2.75, 3.05) is 0 Å². The van der Waals surface area contributed by atoms with Gasteiger partial charge in [-0.25, -0.2) is 4.68 Å². The smallest absolute Gasteiger partial charge is 0.418 e. The second-order valence-electron chi connectivity index (χ2n) is 7.65. The van der Waals surface area contributed by atoms with Gasteiger partial charge in [-0.3, -0.25) is 19.7 Å². The molecule has 0 aliphatic heterocycles. The van der Waals surface area contributed by atoms with E-state index in [1.54, 1.807) is 13.8 Å². The van der Waals surface area contributed by atoms with Crippen LogP contribution < -0.4 is 5.32 Å². The number of alkyl halides is 3. The van der Waals surface area contributed by atoms with Crippen molar-refractivity contribution < 1.29 is 32.4 Å². The maximum atomic E-state index is 13.3. The van der Waals surface area contributed by atoms with Crippen molar-refractivity contribution in [2.45, 2.75) is 38.6 Å². The predicted octanol–water partition coefficient (Wildman–Crippen LogP) is 4.01. The van der Waals surface area contributed by atoms with Gasteiger partial charge in [0.2, 0.25) is 0 Å². The first-order valence-electron chi connectivity index (χ1n) is 10.3. The number of amides is 1. The van der Waals surface area contributed by atoms with Crippen LogP contribution in [0.2, 0.25) is 0 Å². The van der Waals surface area contributed by atoms with Gasteiger partial charge in [-0.05, 0) is 26.0 Å². The lowest BCUT2D eigenvalue weighted by Crippen LogP contribution is -2.31. The van der Waals surface area contributed by atoms with E-state index in [1.807, 2.05) is 0 Å². The molecule has 13 heteroatoms. The van der Waals surface area contributed by atoms with Gasteiger partial charge >= 0.3 is 12.1 Å². The van der Waals surface area contributed by atoms with Crippen molar-refractivity contribution >= 4 is 17.6 Å². The molecule has 1 unspecified atom stereocenters. The van der Waals surface area contributed by atoms with Gasteiger partial charge in [-0.2, -0.15) is 13.2 Å². The van der Waals surface area contributed by atoms with Gasteiger partial charge in [0.25, 0.3) is 11.6 Å². The van der Waals surface area contributed by atoms with Crippen molar-refractivity contribution in [3.05, 3.63) is 81.7 Å². The number of benzene rings is 2. The van der Waals surface area contributed by atoms with Crippen LogP contribution in [0.25, 0.3) is 5.69 Å². The molecule has 1 amide bonds. The molecule has 1 aromatic heterocycles. The number of carbonyl (C=O) groups excluding carboxylic acids is 2. The lowest BCUT2D eigenvalue weighted by atomic mass is 10.0. The highest BCUT2D eigenvalue weighted by Gasteiger charge is 2.34. The second kappa shape index (κ2) is 10.3. The van der Waals surface area contributed by atoms with E-state index >= 15 is 0 Å². The number of aromatic nitrogens is 3. The number of hydrogen-bond acceptors (Lipinski definition) is 7. The van der Waals surface area contributed by atoms with Crippen molar-refractivity contribution in [2.24, 2.45) is 0 Å². The van der Waals surface area contributed by atoms with Crippen molar-refractivity contribution in [3.63, 3.8) is 0 Å². The largest absolute Gasteiger partial charge is 0.463 e. The maximum Gasteiger partial charge on any atom is 0.418 e. The molecule has 0 saturated heterocycles. The minimum atomic E-state index is -4.67. The average Bonchev–Trinajstić information content (AvgIpc) is 3.28. The number of esters is 1. The SMILES string of the molecule is CC(C)OC(=O)CC(NC(=O)c1cn(-c2ccccc2C(F)(F)F)nn1)c1ccccc1[N+](=O)[O-]. The molecule has 0 fully saturated rings. The van der Waals surface area contributed by atoms with E-state index in [-0.39, 0.29) is 22.6 Å². The zero-order chi connectivity index (χ0) is 25.8. The van der Waals surface area contributed by atoms with Crippen LogP contribution in [0.5, 0.6) is 0 Å². The molecule has 10 nitrogen and oxygen atoms in total. The quantitative estimate of drug-likeness (QED) is 0.286. The number of hydrogen-bond donors (Lipinski definition) is 1. The standard InChI is InChI=1S/C22H20F3N5O5/c1-13(2)35-20(31)11-16(14-7-3-5-9-18(14)30(33)34)26-21(32)17-12-29(28-27-17)19-10-6-4-8-15(19)22(23,24)25/h3-10,12-13,16H,11H2,1-2H3,(H,26,32). The fourth-order valence-electron chi connectivity index (χ4n) is 3.30. The Morgan fingerprint density at radius 2 is 1.80 bits per heavy atom. The molecule has 0 spiro atoms. The third-order valence-electron chi connectivity index (χ3n) is 4.73. The number of halogens is 3. The Bertz CT molecular complexity index is 1240. The van der Waals surface area contributed by atoms with Crippen LogP contribution in [-0.2, 0) is 15.7 Å². The van der Waals surface area contributed by atoms with Crippen LogP contribution in [0, 0.1) is 10.1 Å². The summed E-state index contributed by atoms with van der Waals surface area (Å²) >= 11 is 0. The molecule has 35 heavy (non-hydrogen) atoms. The van der Waals surface area contributed by atoms with Gasteiger partial charge in [0.05, 0.1) is 46.5 Å². The Morgan fingerprint density at radius 3 is 2.46 bits per heavy atom. The Morgan fingerprint density at radius 1 is 1.14 bits per heavy atom. The molecular weight excluding hydrogens is 471 g/mol. The summed E-state index contributed by atoms with van der Waals surface area (Å²) in [7, 11) is 0. The molecule has 0 aliphatic rings. The van der Waals surface area contributed by atoms with Gasteiger partial charge in [-0.15, -0.1) is 5.10 Å². The molecule has 0 radical (unpaired) electrons. The fourth-order valence-corrected chi connectivity index (χ4v) is 3.30. The molecule has 2 aromatic carbocycles. The summed E-state index contributed by atoms with van der Waals surface area (Å²) < 4.78 is 45.9. The Labute approximate surface area is 196 Å². The maximum absolute atomic E-state index is 13.3. The summed E-state index contributed by atoms with van der Waals surface area (Å²) in [5.41, 5.74) is -1.98. The van der Waals surface area contributed by atoms with E-state index in [1.165, 1.54) is 36.4 Å². The molecule has 0 saturated carbocycles. The van der Waals surface area contributed by atoms with Gasteiger partial charge in [0.1, 0.15) is 0 Å². The highest BCUT2D eigenvalue weighted by molar-refractivity contribution is 5.92. The highest BCUT2D eigenvalue weighted by atomic mass is 19.4. The third kappa shape index (κ3) is 6.19. The zero-order valence-electron chi connectivity index (χ0n) is 18.5. The molecular formula is C22H20F3N5O5. The highest BCUT2D eigenvalue weighted by Crippen LogP contribution is 2.33. The van der Waals surface area contributed by atoms with Gasteiger partial charge in [-0.1, -0.05) is 35.5 Å².